The smallest absolute Gasteiger partial charge is 0.228 e. The number of rotatable bonds is 3. The first-order valence-electron chi connectivity index (χ1n) is 5.58. The summed E-state index contributed by atoms with van der Waals surface area (Å²) in [6.07, 6.45) is 0.150. The molecule has 2 aromatic rings. The second-order valence-corrected chi connectivity index (χ2v) is 4.78. The minimum Gasteiger partial charge on any atom is -0.508 e. The van der Waals surface area contributed by atoms with Crippen molar-refractivity contribution in [1.29, 1.82) is 0 Å². The Hall–Kier alpha value is -1.71. The molecule has 3 nitrogen and oxygen atoms in total. The number of halogens is 2. The molecule has 0 aliphatic rings. The predicted molar refractivity (Wildman–Crippen MR) is 76.9 cm³/mol. The van der Waals surface area contributed by atoms with Crippen LogP contribution >= 0.6 is 23.2 Å². The van der Waals surface area contributed by atoms with Crippen LogP contribution in [0.15, 0.2) is 42.5 Å². The van der Waals surface area contributed by atoms with Gasteiger partial charge in [-0.25, -0.2) is 0 Å². The number of carbonyl (C=O) groups is 1. The topological polar surface area (TPSA) is 49.3 Å². The summed E-state index contributed by atoms with van der Waals surface area (Å²) >= 11 is 11.8. The predicted octanol–water partition coefficient (Wildman–Crippen LogP) is 3.88. The lowest BCUT2D eigenvalue weighted by molar-refractivity contribution is -0.115. The lowest BCUT2D eigenvalue weighted by Crippen LogP contribution is -2.14. The first-order valence-corrected chi connectivity index (χ1v) is 6.33. The summed E-state index contributed by atoms with van der Waals surface area (Å²) < 4.78 is 0. The zero-order valence-corrected chi connectivity index (χ0v) is 11.4. The van der Waals surface area contributed by atoms with E-state index in [-0.39, 0.29) is 18.1 Å². The fraction of sp³-hybridized carbons (Fsp3) is 0.0714. The molecule has 0 saturated carbocycles. The number of phenolic OH excluding ortho intramolecular Hbond substituents is 1. The van der Waals surface area contributed by atoms with Gasteiger partial charge in [-0.05, 0) is 29.8 Å². The molecule has 0 radical (unpaired) electrons. The van der Waals surface area contributed by atoms with Crippen LogP contribution in [0, 0.1) is 0 Å². The number of hydrogen-bond acceptors (Lipinski definition) is 2. The van der Waals surface area contributed by atoms with Gasteiger partial charge in [0.05, 0.1) is 22.2 Å². The van der Waals surface area contributed by atoms with Gasteiger partial charge in [0.1, 0.15) is 5.75 Å². The Morgan fingerprint density at radius 3 is 2.63 bits per heavy atom. The summed E-state index contributed by atoms with van der Waals surface area (Å²) in [6.45, 7) is 0. The van der Waals surface area contributed by atoms with E-state index in [0.29, 0.717) is 15.7 Å². The summed E-state index contributed by atoms with van der Waals surface area (Å²) in [4.78, 5) is 11.9. The first-order chi connectivity index (χ1) is 9.06. The van der Waals surface area contributed by atoms with Crippen molar-refractivity contribution >= 4 is 34.8 Å². The maximum Gasteiger partial charge on any atom is 0.228 e. The zero-order chi connectivity index (χ0) is 13.8. The molecule has 0 spiro atoms. The maximum atomic E-state index is 11.9. The number of nitrogens with one attached hydrogen (secondary N) is 1. The van der Waals surface area contributed by atoms with Crippen LogP contribution in [-0.4, -0.2) is 11.0 Å². The molecule has 0 aliphatic heterocycles. The number of anilines is 1. The second kappa shape index (κ2) is 5.95. The fourth-order valence-corrected chi connectivity index (χ4v) is 1.99. The largest absolute Gasteiger partial charge is 0.508 e. The second-order valence-electron chi connectivity index (χ2n) is 4.00. The van der Waals surface area contributed by atoms with E-state index in [1.807, 2.05) is 0 Å². The van der Waals surface area contributed by atoms with Gasteiger partial charge < -0.3 is 10.4 Å². The van der Waals surface area contributed by atoms with E-state index in [2.05, 4.69) is 5.32 Å². The third kappa shape index (κ3) is 3.63. The number of amides is 1. The van der Waals surface area contributed by atoms with E-state index in [0.717, 1.165) is 5.56 Å². The Morgan fingerprint density at radius 1 is 1.16 bits per heavy atom. The molecule has 0 fully saturated rings. The highest BCUT2D eigenvalue weighted by atomic mass is 35.5. The first kappa shape index (κ1) is 13.7. The molecule has 5 heteroatoms. The van der Waals surface area contributed by atoms with Crippen molar-refractivity contribution in [3.63, 3.8) is 0 Å². The maximum absolute atomic E-state index is 11.9. The van der Waals surface area contributed by atoms with Gasteiger partial charge in [0, 0.05) is 0 Å². The van der Waals surface area contributed by atoms with Crippen LogP contribution in [-0.2, 0) is 11.2 Å². The summed E-state index contributed by atoms with van der Waals surface area (Å²) in [5.74, 6) is -0.0964. The molecule has 1 amide bonds. The number of carbonyl (C=O) groups excluding carboxylic acids is 1. The summed E-state index contributed by atoms with van der Waals surface area (Å²) in [5.41, 5.74) is 1.19. The van der Waals surface area contributed by atoms with E-state index < -0.39 is 0 Å². The summed E-state index contributed by atoms with van der Waals surface area (Å²) in [6, 6.07) is 11.6. The van der Waals surface area contributed by atoms with Crippen molar-refractivity contribution in [3.05, 3.63) is 58.1 Å². The molecule has 0 saturated heterocycles. The van der Waals surface area contributed by atoms with Crippen molar-refractivity contribution in [2.75, 3.05) is 5.32 Å². The fourth-order valence-electron chi connectivity index (χ4n) is 1.65. The minimum absolute atomic E-state index is 0.131. The molecule has 98 valence electrons. The number of phenols is 1. The molecule has 0 atom stereocenters. The van der Waals surface area contributed by atoms with Crippen LogP contribution in [0.25, 0.3) is 0 Å². The van der Waals surface area contributed by atoms with Gasteiger partial charge in [-0.15, -0.1) is 0 Å². The van der Waals surface area contributed by atoms with E-state index in [1.165, 1.54) is 0 Å². The average molecular weight is 296 g/mol. The van der Waals surface area contributed by atoms with Gasteiger partial charge in [-0.3, -0.25) is 4.79 Å². The Labute approximate surface area is 120 Å². The third-order valence-electron chi connectivity index (χ3n) is 2.50. The molecular formula is C14H11Cl2NO2. The quantitative estimate of drug-likeness (QED) is 0.903. The molecule has 2 N–H and O–H groups in total. The Morgan fingerprint density at radius 2 is 1.89 bits per heavy atom. The van der Waals surface area contributed by atoms with Crippen LogP contribution < -0.4 is 5.32 Å². The molecular weight excluding hydrogens is 285 g/mol. The van der Waals surface area contributed by atoms with E-state index in [9.17, 15) is 9.90 Å². The monoisotopic (exact) mass is 295 g/mol. The molecule has 0 aliphatic carbocycles. The average Bonchev–Trinajstić information content (AvgIpc) is 2.35. The van der Waals surface area contributed by atoms with Gasteiger partial charge in [0.25, 0.3) is 0 Å². The molecule has 0 bridgehead atoms. The highest BCUT2D eigenvalue weighted by Crippen LogP contribution is 2.29. The van der Waals surface area contributed by atoms with Crippen molar-refractivity contribution in [2.24, 2.45) is 0 Å². The molecule has 2 rings (SSSR count). The lowest BCUT2D eigenvalue weighted by Gasteiger charge is -2.08. The number of aromatic hydroxyl groups is 1. The normalized spacial score (nSPS) is 10.2. The highest BCUT2D eigenvalue weighted by Gasteiger charge is 2.09. The van der Waals surface area contributed by atoms with Crippen LogP contribution in [0.3, 0.4) is 0 Å². The van der Waals surface area contributed by atoms with E-state index in [4.69, 9.17) is 23.2 Å². The van der Waals surface area contributed by atoms with Gasteiger partial charge in [0.2, 0.25) is 5.91 Å². The van der Waals surface area contributed by atoms with Crippen molar-refractivity contribution < 1.29 is 9.90 Å². The molecule has 0 heterocycles. The van der Waals surface area contributed by atoms with Gasteiger partial charge in [-0.2, -0.15) is 0 Å². The van der Waals surface area contributed by atoms with Crippen LogP contribution in [0.2, 0.25) is 10.0 Å². The van der Waals surface area contributed by atoms with E-state index in [1.54, 1.807) is 42.5 Å². The van der Waals surface area contributed by atoms with Crippen molar-refractivity contribution in [2.45, 2.75) is 6.42 Å². The Kier molecular flexibility index (Phi) is 4.30. The molecule has 19 heavy (non-hydrogen) atoms. The number of hydrogen-bond donors (Lipinski definition) is 2. The Bertz CT molecular complexity index is 614. The molecule has 0 aromatic heterocycles. The highest BCUT2D eigenvalue weighted by molar-refractivity contribution is 6.43. The third-order valence-corrected chi connectivity index (χ3v) is 3.32. The Balaban J connectivity index is 2.08. The van der Waals surface area contributed by atoms with Gasteiger partial charge >= 0.3 is 0 Å². The van der Waals surface area contributed by atoms with Gasteiger partial charge in [0.15, 0.2) is 0 Å². The van der Waals surface area contributed by atoms with Crippen molar-refractivity contribution in [1.82, 2.24) is 0 Å². The molecule has 0 unspecified atom stereocenters. The summed E-state index contributed by atoms with van der Waals surface area (Å²) in [7, 11) is 0. The van der Waals surface area contributed by atoms with E-state index >= 15 is 0 Å². The molecule has 2 aromatic carbocycles. The lowest BCUT2D eigenvalue weighted by atomic mass is 10.1. The van der Waals surface area contributed by atoms with Crippen LogP contribution in [0.4, 0.5) is 5.69 Å². The van der Waals surface area contributed by atoms with Crippen molar-refractivity contribution in [3.8, 4) is 5.75 Å². The number of benzene rings is 2. The minimum atomic E-state index is -0.227. The summed E-state index contributed by atoms with van der Waals surface area (Å²) in [5, 5.41) is 12.7. The zero-order valence-electron chi connectivity index (χ0n) is 9.86. The standard InChI is InChI=1S/C14H11Cl2NO2/c15-11-5-2-6-12(14(11)16)17-13(19)8-9-3-1-4-10(18)7-9/h1-7,18H,8H2,(H,17,19). The van der Waals surface area contributed by atoms with Crippen LogP contribution in [0.5, 0.6) is 5.75 Å². The van der Waals surface area contributed by atoms with Gasteiger partial charge in [-0.1, -0.05) is 41.4 Å². The van der Waals surface area contributed by atoms with Crippen LogP contribution in [0.1, 0.15) is 5.56 Å². The SMILES string of the molecule is O=C(Cc1cccc(O)c1)Nc1cccc(Cl)c1Cl.